The minimum Gasteiger partial charge on any atom is -0.207 e. The van der Waals surface area contributed by atoms with E-state index in [0.717, 1.165) is 0 Å². The van der Waals surface area contributed by atoms with Crippen molar-refractivity contribution in [3.8, 4) is 0 Å². The van der Waals surface area contributed by atoms with Crippen molar-refractivity contribution in [3.05, 3.63) is 29.6 Å². The molecule has 3 nitrogen and oxygen atoms in total. The lowest BCUT2D eigenvalue weighted by molar-refractivity contribution is 0.317. The van der Waals surface area contributed by atoms with Crippen molar-refractivity contribution in [2.75, 3.05) is 6.54 Å². The highest BCUT2D eigenvalue weighted by Crippen LogP contribution is 2.23. The van der Waals surface area contributed by atoms with Gasteiger partial charge in [-0.3, -0.25) is 0 Å². The van der Waals surface area contributed by atoms with Gasteiger partial charge in [0.25, 0.3) is 0 Å². The van der Waals surface area contributed by atoms with Crippen LogP contribution in [0.15, 0.2) is 23.1 Å². The average Bonchev–Trinajstić information content (AvgIpc) is 2.34. The Morgan fingerprint density at radius 1 is 1.25 bits per heavy atom. The van der Waals surface area contributed by atoms with Gasteiger partial charge in [-0.15, -0.1) is 11.6 Å². The van der Waals surface area contributed by atoms with Crippen LogP contribution in [0.25, 0.3) is 0 Å². The zero-order valence-corrected chi connectivity index (χ0v) is 13.8. The predicted molar refractivity (Wildman–Crippen MR) is 79.8 cm³/mol. The molecule has 1 rings (SSSR count). The lowest BCUT2D eigenvalue weighted by Gasteiger charge is -2.27. The molecular formula is C14H21ClFNO2S. The Balaban J connectivity index is 3.26. The highest BCUT2D eigenvalue weighted by molar-refractivity contribution is 7.89. The van der Waals surface area contributed by atoms with Gasteiger partial charge in [-0.1, -0.05) is 19.9 Å². The third-order valence-corrected chi connectivity index (χ3v) is 5.24. The third kappa shape index (κ3) is 3.93. The van der Waals surface area contributed by atoms with Crippen molar-refractivity contribution in [3.63, 3.8) is 0 Å². The first-order valence-corrected chi connectivity index (χ1v) is 8.53. The van der Waals surface area contributed by atoms with Gasteiger partial charge in [-0.2, -0.15) is 4.31 Å². The summed E-state index contributed by atoms with van der Waals surface area (Å²) in [5.41, 5.74) is 0.558. The minimum atomic E-state index is -3.84. The SMILES string of the molecule is CC(C)CN(C(C)C)S(=O)(=O)c1ccc(CCl)cc1F. The summed E-state index contributed by atoms with van der Waals surface area (Å²) in [5.74, 6) is -0.438. The maximum atomic E-state index is 14.0. The van der Waals surface area contributed by atoms with Crippen molar-refractivity contribution in [1.82, 2.24) is 4.31 Å². The lowest BCUT2D eigenvalue weighted by atomic mass is 10.2. The molecule has 0 heterocycles. The predicted octanol–water partition coefficient (Wildman–Crippen LogP) is 3.62. The van der Waals surface area contributed by atoms with E-state index in [1.165, 1.54) is 22.5 Å². The highest BCUT2D eigenvalue weighted by atomic mass is 35.5. The number of alkyl halides is 1. The molecule has 0 aliphatic heterocycles. The fourth-order valence-corrected chi connectivity index (χ4v) is 3.92. The van der Waals surface area contributed by atoms with Crippen molar-refractivity contribution in [1.29, 1.82) is 0 Å². The first-order valence-electron chi connectivity index (χ1n) is 6.56. The van der Waals surface area contributed by atoms with Gasteiger partial charge >= 0.3 is 0 Å². The molecule has 0 bridgehead atoms. The largest absolute Gasteiger partial charge is 0.246 e. The van der Waals surface area contributed by atoms with E-state index >= 15 is 0 Å². The molecule has 1 aromatic rings. The summed E-state index contributed by atoms with van der Waals surface area (Å²) in [6.45, 7) is 7.78. The van der Waals surface area contributed by atoms with Gasteiger partial charge in [-0.25, -0.2) is 12.8 Å². The number of halogens is 2. The van der Waals surface area contributed by atoms with Gasteiger partial charge in [0.1, 0.15) is 10.7 Å². The Morgan fingerprint density at radius 2 is 1.85 bits per heavy atom. The second-order valence-corrected chi connectivity index (χ2v) is 7.59. The monoisotopic (exact) mass is 321 g/mol. The molecule has 0 fully saturated rings. The average molecular weight is 322 g/mol. The maximum absolute atomic E-state index is 14.0. The second kappa shape index (κ2) is 6.87. The fraction of sp³-hybridized carbons (Fsp3) is 0.571. The Morgan fingerprint density at radius 3 is 2.25 bits per heavy atom. The number of benzene rings is 1. The number of nitrogens with zero attached hydrogens (tertiary/aromatic N) is 1. The standard InChI is InChI=1S/C14H21ClFNO2S/c1-10(2)9-17(11(3)4)20(18,19)14-6-5-12(8-15)7-13(14)16/h5-7,10-11H,8-9H2,1-4H3. The molecule has 0 aromatic heterocycles. The molecule has 0 aliphatic rings. The zero-order valence-electron chi connectivity index (χ0n) is 12.2. The molecular weight excluding hydrogens is 301 g/mol. The van der Waals surface area contributed by atoms with Gasteiger partial charge in [0.2, 0.25) is 10.0 Å². The van der Waals surface area contributed by atoms with Crippen LogP contribution >= 0.6 is 11.6 Å². The highest BCUT2D eigenvalue weighted by Gasteiger charge is 2.30. The number of rotatable bonds is 6. The van der Waals surface area contributed by atoms with Crippen molar-refractivity contribution in [2.45, 2.75) is 44.5 Å². The number of hydrogen-bond acceptors (Lipinski definition) is 2. The summed E-state index contributed by atoms with van der Waals surface area (Å²) < 4.78 is 40.5. The van der Waals surface area contributed by atoms with Gasteiger partial charge in [-0.05, 0) is 37.5 Å². The van der Waals surface area contributed by atoms with Crippen LogP contribution in [0, 0.1) is 11.7 Å². The van der Waals surface area contributed by atoms with Crippen LogP contribution in [0.2, 0.25) is 0 Å². The van der Waals surface area contributed by atoms with Gasteiger partial charge in [0, 0.05) is 18.5 Å². The lowest BCUT2D eigenvalue weighted by Crippen LogP contribution is -2.39. The third-order valence-electron chi connectivity index (χ3n) is 2.86. The van der Waals surface area contributed by atoms with Gasteiger partial charge in [0.15, 0.2) is 0 Å². The Hall–Kier alpha value is -0.650. The molecule has 114 valence electrons. The molecule has 0 N–H and O–H groups in total. The molecule has 0 saturated heterocycles. The van der Waals surface area contributed by atoms with Crippen LogP contribution in [-0.2, 0) is 15.9 Å². The Labute approximate surface area is 125 Å². The quantitative estimate of drug-likeness (QED) is 0.750. The molecule has 1 aromatic carbocycles. The molecule has 0 spiro atoms. The number of hydrogen-bond donors (Lipinski definition) is 0. The van der Waals surface area contributed by atoms with E-state index in [2.05, 4.69) is 0 Å². The number of sulfonamides is 1. The van der Waals surface area contributed by atoms with Crippen LogP contribution in [0.4, 0.5) is 4.39 Å². The van der Waals surface area contributed by atoms with Crippen molar-refractivity contribution < 1.29 is 12.8 Å². The molecule has 0 radical (unpaired) electrons. The Kier molecular flexibility index (Phi) is 5.98. The van der Waals surface area contributed by atoms with E-state index in [4.69, 9.17) is 11.6 Å². The summed E-state index contributed by atoms with van der Waals surface area (Å²) in [6.07, 6.45) is 0. The molecule has 6 heteroatoms. The van der Waals surface area contributed by atoms with Crippen LogP contribution in [0.5, 0.6) is 0 Å². The van der Waals surface area contributed by atoms with Crippen molar-refractivity contribution in [2.24, 2.45) is 5.92 Å². The van der Waals surface area contributed by atoms with Gasteiger partial charge < -0.3 is 0 Å². The molecule has 0 amide bonds. The first-order chi connectivity index (χ1) is 9.20. The van der Waals surface area contributed by atoms with Crippen LogP contribution < -0.4 is 0 Å². The zero-order chi connectivity index (χ0) is 15.5. The van der Waals surface area contributed by atoms with E-state index in [-0.39, 0.29) is 22.7 Å². The summed E-state index contributed by atoms with van der Waals surface area (Å²) in [6, 6.07) is 3.78. The van der Waals surface area contributed by atoms with E-state index in [9.17, 15) is 12.8 Å². The topological polar surface area (TPSA) is 37.4 Å². The summed E-state index contributed by atoms with van der Waals surface area (Å²) in [4.78, 5) is -0.291. The minimum absolute atomic E-state index is 0.150. The first kappa shape index (κ1) is 17.4. The molecule has 0 saturated carbocycles. The van der Waals surface area contributed by atoms with Crippen LogP contribution in [-0.4, -0.2) is 25.3 Å². The second-order valence-electron chi connectivity index (χ2n) is 5.46. The molecule has 0 aliphatic carbocycles. The van der Waals surface area contributed by atoms with E-state index in [1.807, 2.05) is 13.8 Å². The smallest absolute Gasteiger partial charge is 0.207 e. The van der Waals surface area contributed by atoms with Crippen LogP contribution in [0.3, 0.4) is 0 Å². The normalized spacial score (nSPS) is 12.7. The molecule has 0 atom stereocenters. The molecule has 0 unspecified atom stereocenters. The van der Waals surface area contributed by atoms with E-state index in [0.29, 0.717) is 12.1 Å². The van der Waals surface area contributed by atoms with Crippen LogP contribution in [0.1, 0.15) is 33.3 Å². The summed E-state index contributed by atoms with van der Waals surface area (Å²) in [7, 11) is -3.84. The maximum Gasteiger partial charge on any atom is 0.246 e. The Bertz CT molecular complexity index is 558. The summed E-state index contributed by atoms with van der Waals surface area (Å²) in [5, 5.41) is 0. The van der Waals surface area contributed by atoms with Gasteiger partial charge in [0.05, 0.1) is 0 Å². The van der Waals surface area contributed by atoms with Crippen molar-refractivity contribution >= 4 is 21.6 Å². The molecule has 20 heavy (non-hydrogen) atoms. The van der Waals surface area contributed by atoms with E-state index in [1.54, 1.807) is 13.8 Å². The fourth-order valence-electron chi connectivity index (χ4n) is 1.91. The van der Waals surface area contributed by atoms with E-state index < -0.39 is 15.8 Å². The summed E-state index contributed by atoms with van der Waals surface area (Å²) >= 11 is 5.62.